The first kappa shape index (κ1) is 22.3. The third kappa shape index (κ3) is 5.01. The minimum Gasteiger partial charge on any atom is -0.493 e. The molecule has 10 heteroatoms. The highest BCUT2D eigenvalue weighted by atomic mass is 19.4. The number of likely N-dealkylation sites (tertiary alicyclic amines) is 1. The van der Waals surface area contributed by atoms with E-state index in [2.05, 4.69) is 4.98 Å². The molecule has 31 heavy (non-hydrogen) atoms. The minimum absolute atomic E-state index is 0.159. The molecule has 0 unspecified atom stereocenters. The van der Waals surface area contributed by atoms with E-state index in [0.717, 1.165) is 6.07 Å². The maximum absolute atomic E-state index is 13.0. The number of methoxy groups -OCH3 is 3. The lowest BCUT2D eigenvalue weighted by Gasteiger charge is -2.38. The van der Waals surface area contributed by atoms with Gasteiger partial charge in [0, 0.05) is 12.3 Å². The number of benzene rings is 1. The summed E-state index contributed by atoms with van der Waals surface area (Å²) in [4.78, 5) is 17.5. The zero-order chi connectivity index (χ0) is 22.6. The van der Waals surface area contributed by atoms with E-state index in [1.807, 2.05) is 0 Å². The van der Waals surface area contributed by atoms with E-state index in [4.69, 9.17) is 18.9 Å². The summed E-state index contributed by atoms with van der Waals surface area (Å²) < 4.78 is 60.2. The molecule has 1 aromatic carbocycles. The number of amides is 1. The Bertz CT molecular complexity index is 947. The van der Waals surface area contributed by atoms with Crippen LogP contribution in [0.1, 0.15) is 11.1 Å². The number of pyridine rings is 1. The monoisotopic (exact) mass is 438 g/mol. The maximum Gasteiger partial charge on any atom is 0.421 e. The van der Waals surface area contributed by atoms with Crippen LogP contribution in [0.15, 0.2) is 36.5 Å². The van der Waals surface area contributed by atoms with Crippen LogP contribution in [0.2, 0.25) is 0 Å². The summed E-state index contributed by atoms with van der Waals surface area (Å²) in [5.41, 5.74) is -0.290. The topological polar surface area (TPSA) is 70.1 Å². The molecule has 2 heterocycles. The summed E-state index contributed by atoms with van der Waals surface area (Å²) >= 11 is 0. The van der Waals surface area contributed by atoms with Crippen LogP contribution in [0.3, 0.4) is 0 Å². The number of ether oxygens (including phenoxy) is 4. The van der Waals surface area contributed by atoms with Crippen LogP contribution in [0.25, 0.3) is 6.08 Å². The quantitative estimate of drug-likeness (QED) is 0.617. The molecule has 0 saturated carbocycles. The molecule has 1 fully saturated rings. The number of carbonyl (C=O) groups excluding carboxylic acids is 1. The average molecular weight is 438 g/mol. The van der Waals surface area contributed by atoms with Crippen LogP contribution in [-0.4, -0.2) is 56.3 Å². The third-order valence-corrected chi connectivity index (χ3v) is 4.62. The number of nitrogens with zero attached hydrogens (tertiary/aromatic N) is 2. The molecular formula is C21H21F3N2O5. The first-order valence-corrected chi connectivity index (χ1v) is 9.22. The first-order valence-electron chi connectivity index (χ1n) is 9.22. The number of aromatic nitrogens is 1. The van der Waals surface area contributed by atoms with E-state index in [-0.39, 0.29) is 19.0 Å². The molecule has 0 aliphatic carbocycles. The normalized spacial score (nSPS) is 14.3. The second kappa shape index (κ2) is 9.15. The first-order chi connectivity index (χ1) is 14.8. The minimum atomic E-state index is -4.56. The van der Waals surface area contributed by atoms with Gasteiger partial charge in [-0.25, -0.2) is 4.98 Å². The molecule has 0 N–H and O–H groups in total. The van der Waals surface area contributed by atoms with E-state index in [9.17, 15) is 18.0 Å². The number of carbonyl (C=O) groups is 1. The Balaban J connectivity index is 1.62. The second-order valence-corrected chi connectivity index (χ2v) is 6.63. The predicted molar refractivity (Wildman–Crippen MR) is 105 cm³/mol. The van der Waals surface area contributed by atoms with Gasteiger partial charge in [0.2, 0.25) is 17.5 Å². The molecule has 0 bridgehead atoms. The molecule has 0 radical (unpaired) electrons. The van der Waals surface area contributed by atoms with E-state index < -0.39 is 23.7 Å². The average Bonchev–Trinajstić information content (AvgIpc) is 2.72. The SMILES string of the molecule is COc1cc(/C=C/C(=O)N2CC(Oc3ncccc3C(F)(F)F)C2)cc(OC)c1OC. The van der Waals surface area contributed by atoms with Gasteiger partial charge in [-0.1, -0.05) is 0 Å². The molecule has 2 aromatic rings. The van der Waals surface area contributed by atoms with Crippen molar-refractivity contribution in [1.29, 1.82) is 0 Å². The van der Waals surface area contributed by atoms with Crippen molar-refractivity contribution in [1.82, 2.24) is 9.88 Å². The molecule has 1 aliphatic heterocycles. The summed E-state index contributed by atoms with van der Waals surface area (Å²) in [6.45, 7) is 0.318. The molecule has 1 aromatic heterocycles. The third-order valence-electron chi connectivity index (χ3n) is 4.62. The number of rotatable bonds is 7. The van der Waals surface area contributed by atoms with Gasteiger partial charge >= 0.3 is 6.18 Å². The molecule has 7 nitrogen and oxygen atoms in total. The van der Waals surface area contributed by atoms with Gasteiger partial charge in [-0.15, -0.1) is 0 Å². The second-order valence-electron chi connectivity index (χ2n) is 6.63. The van der Waals surface area contributed by atoms with Crippen molar-refractivity contribution in [2.24, 2.45) is 0 Å². The molecule has 1 saturated heterocycles. The Morgan fingerprint density at radius 2 is 1.77 bits per heavy atom. The van der Waals surface area contributed by atoms with Gasteiger partial charge in [0.25, 0.3) is 0 Å². The Morgan fingerprint density at radius 3 is 2.32 bits per heavy atom. The number of hydrogen-bond acceptors (Lipinski definition) is 6. The fraction of sp³-hybridized carbons (Fsp3) is 0.333. The number of alkyl halides is 3. The fourth-order valence-electron chi connectivity index (χ4n) is 3.02. The highest BCUT2D eigenvalue weighted by molar-refractivity contribution is 5.92. The molecular weight excluding hydrogens is 417 g/mol. The highest BCUT2D eigenvalue weighted by Gasteiger charge is 2.38. The largest absolute Gasteiger partial charge is 0.493 e. The van der Waals surface area contributed by atoms with Gasteiger partial charge in [0.15, 0.2) is 11.5 Å². The van der Waals surface area contributed by atoms with E-state index in [1.54, 1.807) is 18.2 Å². The van der Waals surface area contributed by atoms with Crippen molar-refractivity contribution in [3.05, 3.63) is 47.7 Å². The summed E-state index contributed by atoms with van der Waals surface area (Å²) in [6.07, 6.45) is -0.951. The highest BCUT2D eigenvalue weighted by Crippen LogP contribution is 2.38. The van der Waals surface area contributed by atoms with Crippen LogP contribution >= 0.6 is 0 Å². The van der Waals surface area contributed by atoms with Gasteiger partial charge in [0.05, 0.1) is 34.4 Å². The molecule has 3 rings (SSSR count). The lowest BCUT2D eigenvalue weighted by Crippen LogP contribution is -2.55. The summed E-state index contributed by atoms with van der Waals surface area (Å²) in [7, 11) is 4.47. The lowest BCUT2D eigenvalue weighted by atomic mass is 10.1. The zero-order valence-electron chi connectivity index (χ0n) is 17.1. The van der Waals surface area contributed by atoms with Crippen LogP contribution in [0.4, 0.5) is 13.2 Å². The van der Waals surface area contributed by atoms with Crippen LogP contribution < -0.4 is 18.9 Å². The van der Waals surface area contributed by atoms with Crippen molar-refractivity contribution >= 4 is 12.0 Å². The van der Waals surface area contributed by atoms with Gasteiger partial charge in [-0.2, -0.15) is 13.2 Å². The number of halogens is 3. The standard InChI is InChI=1S/C21H21F3N2O5/c1-28-16-9-13(10-17(29-2)19(16)30-3)6-7-18(27)26-11-14(12-26)31-20-15(21(22,23)24)5-4-8-25-20/h4-10,14H,11-12H2,1-3H3/b7-6+. The molecule has 166 valence electrons. The zero-order valence-corrected chi connectivity index (χ0v) is 17.1. The van der Waals surface area contributed by atoms with Crippen molar-refractivity contribution in [3.63, 3.8) is 0 Å². The molecule has 1 amide bonds. The smallest absolute Gasteiger partial charge is 0.421 e. The van der Waals surface area contributed by atoms with Crippen molar-refractivity contribution in [3.8, 4) is 23.1 Å². The van der Waals surface area contributed by atoms with E-state index in [1.165, 1.54) is 44.6 Å². The summed E-state index contributed by atoms with van der Waals surface area (Å²) in [6, 6.07) is 5.48. The Morgan fingerprint density at radius 1 is 1.13 bits per heavy atom. The van der Waals surface area contributed by atoms with Gasteiger partial charge < -0.3 is 23.8 Å². The van der Waals surface area contributed by atoms with Crippen molar-refractivity contribution < 1.29 is 36.9 Å². The molecule has 1 aliphatic rings. The van der Waals surface area contributed by atoms with E-state index >= 15 is 0 Å². The summed E-state index contributed by atoms with van der Waals surface area (Å²) in [5.74, 6) is 0.541. The van der Waals surface area contributed by atoms with Gasteiger partial charge in [-0.3, -0.25) is 4.79 Å². The molecule has 0 spiro atoms. The number of hydrogen-bond donors (Lipinski definition) is 0. The van der Waals surface area contributed by atoms with Crippen LogP contribution in [0.5, 0.6) is 23.1 Å². The van der Waals surface area contributed by atoms with Crippen molar-refractivity contribution in [2.75, 3.05) is 34.4 Å². The maximum atomic E-state index is 13.0. The Kier molecular flexibility index (Phi) is 6.57. The van der Waals surface area contributed by atoms with Gasteiger partial charge in [-0.05, 0) is 35.9 Å². The van der Waals surface area contributed by atoms with Crippen LogP contribution in [-0.2, 0) is 11.0 Å². The Labute approximate surface area is 177 Å². The molecule has 0 atom stereocenters. The predicted octanol–water partition coefficient (Wildman–Crippen LogP) is 3.43. The van der Waals surface area contributed by atoms with E-state index in [0.29, 0.717) is 22.8 Å². The van der Waals surface area contributed by atoms with Crippen LogP contribution in [0, 0.1) is 0 Å². The van der Waals surface area contributed by atoms with Crippen molar-refractivity contribution in [2.45, 2.75) is 12.3 Å². The lowest BCUT2D eigenvalue weighted by molar-refractivity contribution is -0.143. The summed E-state index contributed by atoms with van der Waals surface area (Å²) in [5, 5.41) is 0. The Hall–Kier alpha value is -3.43. The van der Waals surface area contributed by atoms with Gasteiger partial charge in [0.1, 0.15) is 11.7 Å². The fourth-order valence-corrected chi connectivity index (χ4v) is 3.02.